The lowest BCUT2D eigenvalue weighted by atomic mass is 10.2. The average Bonchev–Trinajstić information content (AvgIpc) is 2.81. The van der Waals surface area contributed by atoms with Crippen molar-refractivity contribution in [2.45, 2.75) is 0 Å². The number of nitrogens with zero attached hydrogens (tertiary/aromatic N) is 4. The second-order valence-corrected chi connectivity index (χ2v) is 3.33. The summed E-state index contributed by atoms with van der Waals surface area (Å²) >= 11 is 0. The summed E-state index contributed by atoms with van der Waals surface area (Å²) in [6, 6.07) is 3.46. The average molecular weight is 232 g/mol. The summed E-state index contributed by atoms with van der Waals surface area (Å²) in [5, 5.41) is 7.27. The Labute approximate surface area is 95.3 Å². The van der Waals surface area contributed by atoms with E-state index in [1.807, 2.05) is 0 Å². The summed E-state index contributed by atoms with van der Waals surface area (Å²) < 4.78 is 14.9. The van der Waals surface area contributed by atoms with Gasteiger partial charge in [0.1, 0.15) is 0 Å². The molecule has 0 saturated heterocycles. The van der Waals surface area contributed by atoms with E-state index >= 15 is 0 Å². The zero-order chi connectivity index (χ0) is 11.8. The molecular weight excluding hydrogens is 224 g/mol. The van der Waals surface area contributed by atoms with E-state index in [0.717, 1.165) is 0 Å². The van der Waals surface area contributed by atoms with Crippen LogP contribution in [0.2, 0.25) is 0 Å². The maximum atomic E-state index is 5.19. The van der Waals surface area contributed by atoms with Gasteiger partial charge in [0.05, 0.1) is 25.3 Å². The molecule has 0 atom stereocenters. The van der Waals surface area contributed by atoms with Crippen molar-refractivity contribution in [3.8, 4) is 11.5 Å². The molecule has 7 nitrogen and oxygen atoms in total. The van der Waals surface area contributed by atoms with Crippen molar-refractivity contribution in [2.75, 3.05) is 14.2 Å². The topological polar surface area (TPSA) is 83.2 Å². The van der Waals surface area contributed by atoms with E-state index in [-0.39, 0.29) is 0 Å². The third-order valence-corrected chi connectivity index (χ3v) is 2.39. The van der Waals surface area contributed by atoms with Gasteiger partial charge in [-0.05, 0) is 10.3 Å². The molecule has 0 aliphatic heterocycles. The van der Waals surface area contributed by atoms with Crippen molar-refractivity contribution in [1.82, 2.24) is 20.3 Å². The Bertz CT molecular complexity index is 637. The lowest BCUT2D eigenvalue weighted by Gasteiger charge is -2.07. The van der Waals surface area contributed by atoms with Crippen LogP contribution in [-0.4, -0.2) is 34.5 Å². The Balaban J connectivity index is 2.36. The van der Waals surface area contributed by atoms with Gasteiger partial charge in [-0.1, -0.05) is 0 Å². The molecule has 0 aliphatic rings. The first-order valence-electron chi connectivity index (χ1n) is 4.84. The highest BCUT2D eigenvalue weighted by molar-refractivity contribution is 5.84. The van der Waals surface area contributed by atoms with Gasteiger partial charge in [0.25, 0.3) is 0 Å². The predicted octanol–water partition coefficient (Wildman–Crippen LogP) is 1.18. The lowest BCUT2D eigenvalue weighted by molar-refractivity contribution is 0.314. The summed E-state index contributed by atoms with van der Waals surface area (Å²) in [4.78, 5) is 8.51. The highest BCUT2D eigenvalue weighted by Crippen LogP contribution is 2.30. The summed E-state index contributed by atoms with van der Waals surface area (Å²) in [5.74, 6) is 1.18. The summed E-state index contributed by atoms with van der Waals surface area (Å²) in [7, 11) is 3.13. The summed E-state index contributed by atoms with van der Waals surface area (Å²) in [6.45, 7) is 0. The van der Waals surface area contributed by atoms with Crippen LogP contribution >= 0.6 is 0 Å². The van der Waals surface area contributed by atoms with Crippen molar-refractivity contribution in [2.24, 2.45) is 0 Å². The largest absolute Gasteiger partial charge is 0.493 e. The molecule has 0 radical (unpaired) electrons. The zero-order valence-corrected chi connectivity index (χ0v) is 9.17. The van der Waals surface area contributed by atoms with Gasteiger partial charge in [0.15, 0.2) is 11.5 Å². The van der Waals surface area contributed by atoms with Crippen LogP contribution in [0.5, 0.6) is 11.5 Å². The monoisotopic (exact) mass is 232 g/mol. The Morgan fingerprint density at radius 2 is 1.35 bits per heavy atom. The minimum absolute atomic E-state index is 0.365. The van der Waals surface area contributed by atoms with Gasteiger partial charge in [-0.2, -0.15) is 0 Å². The molecule has 0 spiro atoms. The molecule has 86 valence electrons. The molecule has 0 aliphatic carbocycles. The Morgan fingerprint density at radius 1 is 0.882 bits per heavy atom. The van der Waals surface area contributed by atoms with E-state index in [2.05, 4.69) is 24.9 Å². The second-order valence-electron chi connectivity index (χ2n) is 3.33. The van der Waals surface area contributed by atoms with Crippen LogP contribution in [0.4, 0.5) is 0 Å². The molecule has 1 aromatic carbocycles. The minimum Gasteiger partial charge on any atom is -0.493 e. The Morgan fingerprint density at radius 3 is 1.76 bits per heavy atom. The number of methoxy groups -OCH3 is 2. The number of ether oxygens (including phenoxy) is 2. The number of fused-ring (bicyclic) bond motifs is 2. The summed E-state index contributed by atoms with van der Waals surface area (Å²) in [5.41, 5.74) is 2.02. The van der Waals surface area contributed by atoms with Crippen molar-refractivity contribution < 1.29 is 14.1 Å². The van der Waals surface area contributed by atoms with Crippen molar-refractivity contribution in [3.63, 3.8) is 0 Å². The maximum Gasteiger partial charge on any atom is 0.243 e. The smallest absolute Gasteiger partial charge is 0.243 e. The fourth-order valence-electron chi connectivity index (χ4n) is 1.59. The van der Waals surface area contributed by atoms with Crippen molar-refractivity contribution >= 4 is 22.3 Å². The SMILES string of the molecule is COc1cc2nc3nonc3nc2cc1OC. The fraction of sp³-hybridized carbons (Fsp3) is 0.200. The molecule has 3 rings (SSSR count). The van der Waals surface area contributed by atoms with Gasteiger partial charge in [-0.15, -0.1) is 0 Å². The Hall–Kier alpha value is -2.44. The van der Waals surface area contributed by atoms with Gasteiger partial charge in [0.2, 0.25) is 11.3 Å². The van der Waals surface area contributed by atoms with Gasteiger partial charge in [-0.25, -0.2) is 14.6 Å². The van der Waals surface area contributed by atoms with E-state index in [1.165, 1.54) is 0 Å². The molecular formula is C10H8N4O3. The standard InChI is InChI=1S/C10H8N4O3/c1-15-7-3-5-6(4-8(7)16-2)12-10-9(11-5)13-17-14-10/h3-4H,1-2H3. The Kier molecular flexibility index (Phi) is 2.04. The van der Waals surface area contributed by atoms with Gasteiger partial charge in [0, 0.05) is 12.1 Å². The first-order valence-corrected chi connectivity index (χ1v) is 4.84. The van der Waals surface area contributed by atoms with E-state index < -0.39 is 0 Å². The molecule has 0 saturated carbocycles. The number of aromatic nitrogens is 4. The highest BCUT2D eigenvalue weighted by Gasteiger charge is 2.11. The fourth-order valence-corrected chi connectivity index (χ4v) is 1.59. The lowest BCUT2D eigenvalue weighted by Crippen LogP contribution is -1.93. The van der Waals surface area contributed by atoms with Crippen molar-refractivity contribution in [3.05, 3.63) is 12.1 Å². The first-order chi connectivity index (χ1) is 8.31. The first kappa shape index (κ1) is 9.76. The van der Waals surface area contributed by atoms with Crippen LogP contribution in [0, 0.1) is 0 Å². The van der Waals surface area contributed by atoms with Crippen LogP contribution in [0.15, 0.2) is 16.8 Å². The predicted molar refractivity (Wildman–Crippen MR) is 58.0 cm³/mol. The van der Waals surface area contributed by atoms with E-state index in [1.54, 1.807) is 26.4 Å². The van der Waals surface area contributed by atoms with Crippen molar-refractivity contribution in [1.29, 1.82) is 0 Å². The quantitative estimate of drug-likeness (QED) is 0.656. The van der Waals surface area contributed by atoms with E-state index in [9.17, 15) is 0 Å². The highest BCUT2D eigenvalue weighted by atomic mass is 16.6. The zero-order valence-electron chi connectivity index (χ0n) is 9.17. The van der Waals surface area contributed by atoms with Crippen LogP contribution in [0.3, 0.4) is 0 Å². The minimum atomic E-state index is 0.365. The molecule has 0 fully saturated rings. The van der Waals surface area contributed by atoms with Crippen LogP contribution in [0.1, 0.15) is 0 Å². The molecule has 0 unspecified atom stereocenters. The molecule has 2 aromatic heterocycles. The third-order valence-electron chi connectivity index (χ3n) is 2.39. The van der Waals surface area contributed by atoms with Crippen LogP contribution in [-0.2, 0) is 0 Å². The normalized spacial score (nSPS) is 10.9. The summed E-state index contributed by atoms with van der Waals surface area (Å²) in [6.07, 6.45) is 0. The van der Waals surface area contributed by atoms with Crippen LogP contribution < -0.4 is 9.47 Å². The van der Waals surface area contributed by atoms with E-state index in [4.69, 9.17) is 9.47 Å². The number of hydrogen-bond donors (Lipinski definition) is 0. The van der Waals surface area contributed by atoms with Crippen LogP contribution in [0.25, 0.3) is 22.3 Å². The molecule has 2 heterocycles. The maximum absolute atomic E-state index is 5.19. The van der Waals surface area contributed by atoms with Gasteiger partial charge in [-0.3, -0.25) is 0 Å². The van der Waals surface area contributed by atoms with Gasteiger partial charge >= 0.3 is 0 Å². The van der Waals surface area contributed by atoms with E-state index in [0.29, 0.717) is 33.8 Å². The molecule has 7 heteroatoms. The number of rotatable bonds is 2. The second kappa shape index (κ2) is 3.55. The molecule has 17 heavy (non-hydrogen) atoms. The molecule has 3 aromatic rings. The molecule has 0 N–H and O–H groups in total. The number of hydrogen-bond acceptors (Lipinski definition) is 7. The number of benzene rings is 1. The molecule has 0 bridgehead atoms. The molecule has 0 amide bonds. The van der Waals surface area contributed by atoms with Gasteiger partial charge < -0.3 is 9.47 Å². The third kappa shape index (κ3) is 1.43.